The van der Waals surface area contributed by atoms with Gasteiger partial charge in [0.2, 0.25) is 0 Å². The van der Waals surface area contributed by atoms with E-state index in [2.05, 4.69) is 14.7 Å². The molecule has 0 aliphatic heterocycles. The number of esters is 1. The lowest BCUT2D eigenvalue weighted by molar-refractivity contribution is -0.138. The van der Waals surface area contributed by atoms with Crippen molar-refractivity contribution in [2.45, 2.75) is 6.92 Å². The van der Waals surface area contributed by atoms with E-state index in [-0.39, 0.29) is 18.1 Å². The Balaban J connectivity index is 2.83. The molecule has 1 aromatic heterocycles. The maximum Gasteiger partial charge on any atom is 0.325 e. The third-order valence-corrected chi connectivity index (χ3v) is 1.92. The molecule has 6 heteroatoms. The minimum atomic E-state index is -0.362. The smallest absolute Gasteiger partial charge is 0.325 e. The highest BCUT2D eigenvalue weighted by Crippen LogP contribution is 2.05. The molecule has 1 rings (SSSR count). The Morgan fingerprint density at radius 2 is 2.40 bits per heavy atom. The maximum atomic E-state index is 11.1. The fourth-order valence-corrected chi connectivity index (χ4v) is 1.11. The van der Waals surface area contributed by atoms with E-state index in [4.69, 9.17) is 0 Å². The average Bonchev–Trinajstić information content (AvgIpc) is 2.25. The van der Waals surface area contributed by atoms with E-state index in [0.29, 0.717) is 12.4 Å². The van der Waals surface area contributed by atoms with E-state index < -0.39 is 0 Å². The van der Waals surface area contributed by atoms with Gasteiger partial charge in [-0.2, -0.15) is 0 Å². The first-order valence-electron chi connectivity index (χ1n) is 4.54. The van der Waals surface area contributed by atoms with Crippen LogP contribution < -0.4 is 10.5 Å². The van der Waals surface area contributed by atoms with E-state index in [1.54, 1.807) is 4.90 Å². The van der Waals surface area contributed by atoms with Crippen LogP contribution in [0, 0.1) is 0 Å². The second kappa shape index (κ2) is 5.14. The first-order valence-corrected chi connectivity index (χ1v) is 4.54. The minimum absolute atomic E-state index is 0.0868. The first kappa shape index (κ1) is 11.2. The van der Waals surface area contributed by atoms with Gasteiger partial charge in [-0.15, -0.1) is 0 Å². The standard InChI is InChI=1S/C9H13N3O3/c1-3-12(5-9(14)15-2)7-4-8(13)11-6-10-7/h4,6H,3,5H2,1-2H3,(H,10,11,13). The van der Waals surface area contributed by atoms with Gasteiger partial charge in [-0.3, -0.25) is 9.59 Å². The monoisotopic (exact) mass is 211 g/mol. The molecule has 0 aliphatic rings. The van der Waals surface area contributed by atoms with Crippen LogP contribution >= 0.6 is 0 Å². The number of likely N-dealkylation sites (N-methyl/N-ethyl adjacent to an activating group) is 1. The lowest BCUT2D eigenvalue weighted by atomic mass is 10.4. The van der Waals surface area contributed by atoms with Crippen molar-refractivity contribution in [3.8, 4) is 0 Å². The number of hydrogen-bond acceptors (Lipinski definition) is 5. The number of aromatic amines is 1. The molecule has 0 fully saturated rings. The third kappa shape index (κ3) is 3.08. The molecular formula is C9H13N3O3. The van der Waals surface area contributed by atoms with E-state index in [1.807, 2.05) is 6.92 Å². The molecule has 0 bridgehead atoms. The van der Waals surface area contributed by atoms with Crippen LogP contribution in [0.2, 0.25) is 0 Å². The molecule has 0 saturated carbocycles. The number of nitrogens with zero attached hydrogens (tertiary/aromatic N) is 2. The van der Waals surface area contributed by atoms with Crippen LogP contribution in [0.5, 0.6) is 0 Å². The largest absolute Gasteiger partial charge is 0.468 e. The summed E-state index contributed by atoms with van der Waals surface area (Å²) in [6.45, 7) is 2.53. The number of aromatic nitrogens is 2. The van der Waals surface area contributed by atoms with Gasteiger partial charge in [0.15, 0.2) is 0 Å². The predicted octanol–water partition coefficient (Wildman–Crippen LogP) is -0.231. The first-order chi connectivity index (χ1) is 7.17. The van der Waals surface area contributed by atoms with Crippen LogP contribution in [0.1, 0.15) is 6.92 Å². The summed E-state index contributed by atoms with van der Waals surface area (Å²) in [4.78, 5) is 30.1. The molecule has 1 N–H and O–H groups in total. The number of nitrogens with one attached hydrogen (secondary N) is 1. The summed E-state index contributed by atoms with van der Waals surface area (Å²) in [5.41, 5.74) is -0.247. The minimum Gasteiger partial charge on any atom is -0.468 e. The Morgan fingerprint density at radius 1 is 1.67 bits per heavy atom. The highest BCUT2D eigenvalue weighted by molar-refractivity contribution is 5.75. The molecule has 1 heterocycles. The molecular weight excluding hydrogens is 198 g/mol. The van der Waals surface area contributed by atoms with Gasteiger partial charge in [-0.05, 0) is 6.92 Å². The second-order valence-electron chi connectivity index (χ2n) is 2.86. The second-order valence-corrected chi connectivity index (χ2v) is 2.86. The number of hydrogen-bond donors (Lipinski definition) is 1. The molecule has 0 aromatic carbocycles. The molecule has 1 aromatic rings. The molecule has 0 atom stereocenters. The highest BCUT2D eigenvalue weighted by atomic mass is 16.5. The van der Waals surface area contributed by atoms with Gasteiger partial charge in [0, 0.05) is 12.6 Å². The quantitative estimate of drug-likeness (QED) is 0.696. The number of H-pyrrole nitrogens is 1. The summed E-state index contributed by atoms with van der Waals surface area (Å²) in [6, 6.07) is 1.34. The zero-order valence-corrected chi connectivity index (χ0v) is 8.69. The van der Waals surface area contributed by atoms with E-state index in [1.165, 1.54) is 19.5 Å². The van der Waals surface area contributed by atoms with Crippen molar-refractivity contribution < 1.29 is 9.53 Å². The van der Waals surface area contributed by atoms with Crippen molar-refractivity contribution in [3.05, 3.63) is 22.7 Å². The maximum absolute atomic E-state index is 11.1. The van der Waals surface area contributed by atoms with E-state index in [0.717, 1.165) is 0 Å². The Labute approximate surface area is 86.9 Å². The molecule has 0 spiro atoms. The molecule has 15 heavy (non-hydrogen) atoms. The summed E-state index contributed by atoms with van der Waals surface area (Å²) in [7, 11) is 1.32. The number of anilines is 1. The van der Waals surface area contributed by atoms with Gasteiger partial charge in [-0.25, -0.2) is 4.98 Å². The molecule has 0 aliphatic carbocycles. The third-order valence-electron chi connectivity index (χ3n) is 1.92. The number of ether oxygens (including phenoxy) is 1. The van der Waals surface area contributed by atoms with E-state index >= 15 is 0 Å². The van der Waals surface area contributed by atoms with Crippen molar-refractivity contribution in [3.63, 3.8) is 0 Å². The SMILES string of the molecule is CCN(CC(=O)OC)c1cc(=O)[nH]cn1. The zero-order valence-electron chi connectivity index (χ0n) is 8.69. The van der Waals surface area contributed by atoms with Gasteiger partial charge in [0.1, 0.15) is 12.4 Å². The zero-order chi connectivity index (χ0) is 11.3. The molecule has 82 valence electrons. The normalized spacial score (nSPS) is 9.73. The summed E-state index contributed by atoms with van der Waals surface area (Å²) in [5.74, 6) is 0.102. The molecule has 0 unspecified atom stereocenters. The van der Waals surface area contributed by atoms with Crippen LogP contribution in [0.4, 0.5) is 5.82 Å². The van der Waals surface area contributed by atoms with Crippen molar-refractivity contribution in [1.82, 2.24) is 9.97 Å². The summed E-state index contributed by atoms with van der Waals surface area (Å²) < 4.78 is 4.54. The molecule has 0 radical (unpaired) electrons. The van der Waals surface area contributed by atoms with Crippen molar-refractivity contribution >= 4 is 11.8 Å². The number of rotatable bonds is 4. The molecule has 6 nitrogen and oxygen atoms in total. The predicted molar refractivity (Wildman–Crippen MR) is 54.8 cm³/mol. The van der Waals surface area contributed by atoms with Crippen LogP contribution in [-0.4, -0.2) is 36.1 Å². The fourth-order valence-electron chi connectivity index (χ4n) is 1.11. The van der Waals surface area contributed by atoms with Crippen molar-refractivity contribution in [2.75, 3.05) is 25.1 Å². The number of carbonyl (C=O) groups is 1. The van der Waals surface area contributed by atoms with Gasteiger partial charge in [0.25, 0.3) is 5.56 Å². The Kier molecular flexibility index (Phi) is 3.84. The Hall–Kier alpha value is -1.85. The molecule has 0 saturated heterocycles. The Morgan fingerprint density at radius 3 is 2.93 bits per heavy atom. The summed E-state index contributed by atoms with van der Waals surface area (Å²) >= 11 is 0. The van der Waals surface area contributed by atoms with Gasteiger partial charge in [-0.1, -0.05) is 0 Å². The molecule has 0 amide bonds. The summed E-state index contributed by atoms with van der Waals surface area (Å²) in [5, 5.41) is 0. The number of carbonyl (C=O) groups excluding carboxylic acids is 1. The Bertz CT molecular complexity index is 388. The van der Waals surface area contributed by atoms with E-state index in [9.17, 15) is 9.59 Å². The van der Waals surface area contributed by atoms with Gasteiger partial charge in [0.05, 0.1) is 13.4 Å². The lowest BCUT2D eigenvalue weighted by Crippen LogP contribution is -2.31. The van der Waals surface area contributed by atoms with Crippen LogP contribution in [0.3, 0.4) is 0 Å². The lowest BCUT2D eigenvalue weighted by Gasteiger charge is -2.19. The number of methoxy groups -OCH3 is 1. The fraction of sp³-hybridized carbons (Fsp3) is 0.444. The van der Waals surface area contributed by atoms with Crippen molar-refractivity contribution in [1.29, 1.82) is 0 Å². The van der Waals surface area contributed by atoms with Gasteiger partial charge < -0.3 is 14.6 Å². The topological polar surface area (TPSA) is 75.3 Å². The van der Waals surface area contributed by atoms with Gasteiger partial charge >= 0.3 is 5.97 Å². The summed E-state index contributed by atoms with van der Waals surface area (Å²) in [6.07, 6.45) is 1.30. The highest BCUT2D eigenvalue weighted by Gasteiger charge is 2.11. The van der Waals surface area contributed by atoms with Crippen molar-refractivity contribution in [2.24, 2.45) is 0 Å². The van der Waals surface area contributed by atoms with Crippen LogP contribution in [0.15, 0.2) is 17.2 Å². The van der Waals surface area contributed by atoms with Crippen LogP contribution in [-0.2, 0) is 9.53 Å². The van der Waals surface area contributed by atoms with Crippen LogP contribution in [0.25, 0.3) is 0 Å². The average molecular weight is 211 g/mol.